The van der Waals surface area contributed by atoms with Gasteiger partial charge in [-0.15, -0.1) is 0 Å². The van der Waals surface area contributed by atoms with Crippen molar-refractivity contribution in [3.8, 4) is 5.82 Å². The Morgan fingerprint density at radius 1 is 1.17 bits per heavy atom. The molecule has 0 unspecified atom stereocenters. The van der Waals surface area contributed by atoms with Crippen molar-refractivity contribution in [2.45, 2.75) is 20.4 Å². The Morgan fingerprint density at radius 3 is 2.43 bits per heavy atom. The molecule has 2 N–H and O–H groups in total. The summed E-state index contributed by atoms with van der Waals surface area (Å²) in [5.41, 5.74) is 7.07. The molecule has 0 aliphatic heterocycles. The largest absolute Gasteiger partial charge is 0.388 e. The third-order valence-electron chi connectivity index (χ3n) is 2.75. The minimum atomic E-state index is -0.303. The van der Waals surface area contributed by atoms with Gasteiger partial charge in [0.05, 0.1) is 17.6 Å². The topological polar surface area (TPSA) is 66.0 Å². The van der Waals surface area contributed by atoms with Crippen molar-refractivity contribution in [3.63, 3.8) is 0 Å². The molecule has 0 bridgehead atoms. The molecule has 0 saturated heterocycles. The molecule has 2 heterocycles. The smallest absolute Gasteiger partial charge is 0.138 e. The second kappa shape index (κ2) is 9.66. The van der Waals surface area contributed by atoms with Crippen molar-refractivity contribution in [1.29, 1.82) is 0 Å². The number of pyridine rings is 1. The summed E-state index contributed by atoms with van der Waals surface area (Å²) in [6, 6.07) is 10.0. The highest BCUT2D eigenvalue weighted by Crippen LogP contribution is 2.20. The quantitative estimate of drug-likeness (QED) is 0.787. The van der Waals surface area contributed by atoms with Crippen LogP contribution in [0.5, 0.6) is 0 Å². The Morgan fingerprint density at radius 2 is 1.87 bits per heavy atom. The fourth-order valence-corrected chi connectivity index (χ4v) is 1.98. The molecule has 0 radical (unpaired) electrons. The number of ether oxygens (including phenoxy) is 1. The van der Waals surface area contributed by atoms with Crippen molar-refractivity contribution in [2.75, 3.05) is 14.2 Å². The Balaban J connectivity index is 0.000000477. The van der Waals surface area contributed by atoms with Crippen LogP contribution in [0.15, 0.2) is 42.6 Å². The Bertz CT molecular complexity index is 713. The van der Waals surface area contributed by atoms with Gasteiger partial charge in [0.15, 0.2) is 0 Å². The predicted octanol–water partition coefficient (Wildman–Crippen LogP) is 3.31. The first-order valence-corrected chi connectivity index (χ1v) is 7.39. The van der Waals surface area contributed by atoms with E-state index in [9.17, 15) is 4.39 Å². The van der Waals surface area contributed by atoms with Gasteiger partial charge in [0.2, 0.25) is 0 Å². The van der Waals surface area contributed by atoms with Crippen molar-refractivity contribution < 1.29 is 9.13 Å². The van der Waals surface area contributed by atoms with Gasteiger partial charge in [-0.2, -0.15) is 0 Å². The first-order valence-electron chi connectivity index (χ1n) is 7.39. The lowest BCUT2D eigenvalue weighted by atomic mass is 10.3. The normalized spacial score (nSPS) is 9.65. The number of hydrogen-bond donors (Lipinski definition) is 1. The van der Waals surface area contributed by atoms with Crippen LogP contribution < -0.4 is 5.73 Å². The predicted molar refractivity (Wildman–Crippen MR) is 91.0 cm³/mol. The van der Waals surface area contributed by atoms with E-state index in [4.69, 9.17) is 5.73 Å². The van der Waals surface area contributed by atoms with E-state index in [2.05, 4.69) is 14.7 Å². The van der Waals surface area contributed by atoms with E-state index < -0.39 is 0 Å². The maximum atomic E-state index is 13.4. The maximum Gasteiger partial charge on any atom is 0.138 e. The van der Waals surface area contributed by atoms with Crippen LogP contribution in [0.1, 0.15) is 19.7 Å². The van der Waals surface area contributed by atoms with Gasteiger partial charge < -0.3 is 10.5 Å². The van der Waals surface area contributed by atoms with Gasteiger partial charge >= 0.3 is 0 Å². The fourth-order valence-electron chi connectivity index (χ4n) is 1.98. The van der Waals surface area contributed by atoms with E-state index in [1.807, 2.05) is 32.0 Å². The average molecular weight is 318 g/mol. The van der Waals surface area contributed by atoms with Gasteiger partial charge in [-0.05, 0) is 24.3 Å². The number of imidazole rings is 1. The third kappa shape index (κ3) is 4.58. The summed E-state index contributed by atoms with van der Waals surface area (Å²) in [5.74, 6) is 1.04. The Hall–Kier alpha value is -2.31. The number of rotatable bonds is 2. The zero-order chi connectivity index (χ0) is 17.2. The number of halogens is 1. The first-order chi connectivity index (χ1) is 11.2. The van der Waals surface area contributed by atoms with Crippen molar-refractivity contribution in [3.05, 3.63) is 54.2 Å². The number of aromatic nitrogens is 3. The summed E-state index contributed by atoms with van der Waals surface area (Å²) in [7, 11) is 3.25. The molecule has 0 saturated carbocycles. The van der Waals surface area contributed by atoms with E-state index in [-0.39, 0.29) is 12.4 Å². The highest BCUT2D eigenvalue weighted by molar-refractivity contribution is 5.78. The summed E-state index contributed by atoms with van der Waals surface area (Å²) >= 11 is 0. The van der Waals surface area contributed by atoms with Gasteiger partial charge in [-0.1, -0.05) is 19.9 Å². The molecule has 3 aromatic rings. The third-order valence-corrected chi connectivity index (χ3v) is 2.75. The van der Waals surface area contributed by atoms with Gasteiger partial charge in [0, 0.05) is 26.5 Å². The van der Waals surface area contributed by atoms with Crippen LogP contribution in [0.3, 0.4) is 0 Å². The second-order valence-corrected chi connectivity index (χ2v) is 4.30. The summed E-state index contributed by atoms with van der Waals surface area (Å²) in [6.07, 6.45) is 1.68. The molecule has 23 heavy (non-hydrogen) atoms. The highest BCUT2D eigenvalue weighted by atomic mass is 19.1. The molecule has 1 aromatic carbocycles. The number of nitrogens with zero attached hydrogens (tertiary/aromatic N) is 3. The van der Waals surface area contributed by atoms with Gasteiger partial charge in [-0.25, -0.2) is 14.4 Å². The molecule has 3 rings (SSSR count). The molecule has 0 fully saturated rings. The average Bonchev–Trinajstić information content (AvgIpc) is 2.96. The van der Waals surface area contributed by atoms with Gasteiger partial charge in [0.1, 0.15) is 17.5 Å². The van der Waals surface area contributed by atoms with E-state index in [1.54, 1.807) is 31.0 Å². The zero-order valence-electron chi connectivity index (χ0n) is 14.0. The van der Waals surface area contributed by atoms with Crippen LogP contribution >= 0.6 is 0 Å². The molecule has 5 nitrogen and oxygen atoms in total. The molecule has 2 aromatic heterocycles. The lowest BCUT2D eigenvalue weighted by Crippen LogP contribution is -2.07. The first kappa shape index (κ1) is 18.7. The monoisotopic (exact) mass is 318 g/mol. The second-order valence-electron chi connectivity index (χ2n) is 4.30. The summed E-state index contributed by atoms with van der Waals surface area (Å²) in [4.78, 5) is 8.63. The molecule has 0 atom stereocenters. The van der Waals surface area contributed by atoms with Gasteiger partial charge in [0.25, 0.3) is 0 Å². The molecule has 0 aliphatic carbocycles. The molecule has 0 amide bonds. The lowest BCUT2D eigenvalue weighted by molar-refractivity contribution is 0.277. The standard InChI is InChI=1S/C13H11FN4.C2H6O.C2H6/c14-9-4-5-10-11(7-9)18(13(8-15)17-10)12-3-1-2-6-16-12;1-3-2;1-2/h1-7H,8,15H2;1-2H3;1-2H3. The molecular weight excluding hydrogens is 295 g/mol. The Kier molecular flexibility index (Phi) is 7.87. The minimum Gasteiger partial charge on any atom is -0.388 e. The van der Waals surface area contributed by atoms with E-state index in [0.717, 1.165) is 0 Å². The minimum absolute atomic E-state index is 0.271. The summed E-state index contributed by atoms with van der Waals surface area (Å²) in [6.45, 7) is 4.27. The number of methoxy groups -OCH3 is 1. The van der Waals surface area contributed by atoms with Crippen LogP contribution in [0.2, 0.25) is 0 Å². The molecule has 0 spiro atoms. The number of benzene rings is 1. The molecule has 0 aliphatic rings. The van der Waals surface area contributed by atoms with Crippen LogP contribution in [0.25, 0.3) is 16.9 Å². The lowest BCUT2D eigenvalue weighted by Gasteiger charge is -2.06. The maximum absolute atomic E-state index is 13.4. The zero-order valence-corrected chi connectivity index (χ0v) is 14.0. The van der Waals surface area contributed by atoms with Crippen LogP contribution in [-0.4, -0.2) is 28.8 Å². The summed E-state index contributed by atoms with van der Waals surface area (Å²) in [5, 5.41) is 0. The number of hydrogen-bond acceptors (Lipinski definition) is 4. The molecular formula is C17H23FN4O. The fraction of sp³-hybridized carbons (Fsp3) is 0.294. The number of nitrogens with two attached hydrogens (primary N) is 1. The van der Waals surface area contributed by atoms with Crippen molar-refractivity contribution in [2.24, 2.45) is 5.73 Å². The Labute approximate surface area is 135 Å². The van der Waals surface area contributed by atoms with E-state index >= 15 is 0 Å². The highest BCUT2D eigenvalue weighted by Gasteiger charge is 2.12. The SMILES string of the molecule is CC.COC.NCc1nc2ccc(F)cc2n1-c1ccccn1. The number of fused-ring (bicyclic) bond motifs is 1. The van der Waals surface area contributed by atoms with Gasteiger partial charge in [-0.3, -0.25) is 4.57 Å². The van der Waals surface area contributed by atoms with E-state index in [1.165, 1.54) is 12.1 Å². The van der Waals surface area contributed by atoms with E-state index in [0.29, 0.717) is 22.7 Å². The van der Waals surface area contributed by atoms with Crippen molar-refractivity contribution >= 4 is 11.0 Å². The van der Waals surface area contributed by atoms with Crippen LogP contribution in [-0.2, 0) is 11.3 Å². The molecule has 124 valence electrons. The van der Waals surface area contributed by atoms with Crippen molar-refractivity contribution in [1.82, 2.24) is 14.5 Å². The molecule has 6 heteroatoms. The summed E-state index contributed by atoms with van der Waals surface area (Å²) < 4.78 is 19.4. The van der Waals surface area contributed by atoms with Crippen LogP contribution in [0, 0.1) is 5.82 Å². The van der Waals surface area contributed by atoms with Crippen LogP contribution in [0.4, 0.5) is 4.39 Å².